The molecule has 3 saturated carbocycles. The van der Waals surface area contributed by atoms with Crippen LogP contribution in [-0.4, -0.2) is 12.9 Å². The van der Waals surface area contributed by atoms with Crippen LogP contribution in [0.4, 0.5) is 4.39 Å². The first-order valence-corrected chi connectivity index (χ1v) is 7.08. The molecule has 3 heteroatoms. The summed E-state index contributed by atoms with van der Waals surface area (Å²) in [5, 5.41) is 0. The standard InChI is InChI=1S/C16H17FO2/c1-19-10-4-5-11(12(17)7-10)16(18)15-13-8-2-3-9(6-8)14(13)15/h4-5,7-9,13-15H,2-3,6H2,1H3. The van der Waals surface area contributed by atoms with Crippen molar-refractivity contribution < 1.29 is 13.9 Å². The highest BCUT2D eigenvalue weighted by atomic mass is 19.1. The van der Waals surface area contributed by atoms with Gasteiger partial charge in [0.2, 0.25) is 0 Å². The lowest BCUT2D eigenvalue weighted by atomic mass is 9.96. The van der Waals surface area contributed by atoms with E-state index in [-0.39, 0.29) is 17.3 Å². The zero-order valence-corrected chi connectivity index (χ0v) is 10.9. The Morgan fingerprint density at radius 3 is 2.53 bits per heavy atom. The van der Waals surface area contributed by atoms with Crippen LogP contribution in [0.15, 0.2) is 18.2 Å². The quantitative estimate of drug-likeness (QED) is 0.779. The second kappa shape index (κ2) is 3.81. The largest absolute Gasteiger partial charge is 0.497 e. The Labute approximate surface area is 112 Å². The first-order valence-electron chi connectivity index (χ1n) is 7.08. The molecular weight excluding hydrogens is 243 g/mol. The molecule has 0 radical (unpaired) electrons. The molecule has 0 N–H and O–H groups in total. The number of carbonyl (C=O) groups is 1. The molecule has 4 atom stereocenters. The Morgan fingerprint density at radius 1 is 1.26 bits per heavy atom. The van der Waals surface area contributed by atoms with E-state index in [1.54, 1.807) is 12.1 Å². The first kappa shape index (κ1) is 11.4. The van der Waals surface area contributed by atoms with Crippen LogP contribution in [0.5, 0.6) is 5.75 Å². The number of Topliss-reactive ketones (excluding diaryl/α,β-unsaturated/α-hetero) is 1. The van der Waals surface area contributed by atoms with Crippen LogP contribution in [0.2, 0.25) is 0 Å². The van der Waals surface area contributed by atoms with Crippen LogP contribution in [0, 0.1) is 35.4 Å². The number of hydrogen-bond acceptors (Lipinski definition) is 2. The van der Waals surface area contributed by atoms with Crippen molar-refractivity contribution in [1.29, 1.82) is 0 Å². The van der Waals surface area contributed by atoms with Crippen molar-refractivity contribution in [2.75, 3.05) is 7.11 Å². The Balaban J connectivity index is 1.59. The van der Waals surface area contributed by atoms with E-state index in [9.17, 15) is 9.18 Å². The molecular formula is C16H17FO2. The number of ketones is 1. The SMILES string of the molecule is COc1ccc(C(=O)C2C3C4CCC(C4)C23)c(F)c1. The van der Waals surface area contributed by atoms with Gasteiger partial charge in [-0.15, -0.1) is 0 Å². The van der Waals surface area contributed by atoms with Gasteiger partial charge in [0.1, 0.15) is 11.6 Å². The van der Waals surface area contributed by atoms with Crippen LogP contribution in [0.3, 0.4) is 0 Å². The molecule has 2 nitrogen and oxygen atoms in total. The minimum Gasteiger partial charge on any atom is -0.497 e. The monoisotopic (exact) mass is 260 g/mol. The summed E-state index contributed by atoms with van der Waals surface area (Å²) < 4.78 is 18.9. The van der Waals surface area contributed by atoms with Gasteiger partial charge >= 0.3 is 0 Å². The van der Waals surface area contributed by atoms with Gasteiger partial charge in [0.15, 0.2) is 5.78 Å². The Morgan fingerprint density at radius 2 is 1.95 bits per heavy atom. The fourth-order valence-corrected chi connectivity index (χ4v) is 4.68. The fraction of sp³-hybridized carbons (Fsp3) is 0.562. The van der Waals surface area contributed by atoms with Gasteiger partial charge in [0.25, 0.3) is 0 Å². The summed E-state index contributed by atoms with van der Waals surface area (Å²) in [7, 11) is 1.50. The lowest BCUT2D eigenvalue weighted by molar-refractivity contribution is 0.0940. The molecule has 100 valence electrons. The van der Waals surface area contributed by atoms with Crippen molar-refractivity contribution in [3.63, 3.8) is 0 Å². The van der Waals surface area contributed by atoms with Crippen LogP contribution >= 0.6 is 0 Å². The second-order valence-corrected chi connectivity index (χ2v) is 6.22. The molecule has 0 aliphatic heterocycles. The van der Waals surface area contributed by atoms with Crippen molar-refractivity contribution in [2.45, 2.75) is 19.3 Å². The van der Waals surface area contributed by atoms with Gasteiger partial charge in [0, 0.05) is 12.0 Å². The Bertz CT molecular complexity index is 538. The highest BCUT2D eigenvalue weighted by Gasteiger charge is 2.67. The van der Waals surface area contributed by atoms with Gasteiger partial charge in [-0.2, -0.15) is 0 Å². The Kier molecular flexibility index (Phi) is 2.30. The van der Waals surface area contributed by atoms with Crippen molar-refractivity contribution in [2.24, 2.45) is 29.6 Å². The number of carbonyl (C=O) groups excluding carboxylic acids is 1. The molecule has 0 heterocycles. The minimum atomic E-state index is -0.443. The molecule has 3 fully saturated rings. The molecule has 1 aromatic carbocycles. The minimum absolute atomic E-state index is 0.0201. The Hall–Kier alpha value is -1.38. The van der Waals surface area contributed by atoms with E-state index in [1.807, 2.05) is 0 Å². The maximum Gasteiger partial charge on any atom is 0.169 e. The highest BCUT2D eigenvalue weighted by Crippen LogP contribution is 2.69. The average Bonchev–Trinajstić information content (AvgIpc) is 2.86. The van der Waals surface area contributed by atoms with Crippen LogP contribution in [-0.2, 0) is 0 Å². The highest BCUT2D eigenvalue weighted by molar-refractivity contribution is 6.00. The van der Waals surface area contributed by atoms with E-state index >= 15 is 0 Å². The summed E-state index contributed by atoms with van der Waals surface area (Å²) in [6.45, 7) is 0. The fourth-order valence-electron chi connectivity index (χ4n) is 4.68. The molecule has 1 aromatic rings. The number of hydrogen-bond donors (Lipinski definition) is 0. The molecule has 0 amide bonds. The summed E-state index contributed by atoms with van der Waals surface area (Å²) in [4.78, 5) is 12.5. The lowest BCUT2D eigenvalue weighted by Crippen LogP contribution is -2.11. The maximum atomic E-state index is 14.0. The van der Waals surface area contributed by atoms with Gasteiger partial charge in [0.05, 0.1) is 12.7 Å². The predicted molar refractivity (Wildman–Crippen MR) is 68.6 cm³/mol. The van der Waals surface area contributed by atoms with E-state index in [0.29, 0.717) is 17.6 Å². The summed E-state index contributed by atoms with van der Waals surface area (Å²) in [6.07, 6.45) is 3.87. The summed E-state index contributed by atoms with van der Waals surface area (Å²) in [5.41, 5.74) is 0.250. The molecule has 0 spiro atoms. The van der Waals surface area contributed by atoms with Crippen molar-refractivity contribution in [3.05, 3.63) is 29.6 Å². The number of methoxy groups -OCH3 is 1. The topological polar surface area (TPSA) is 26.3 Å². The zero-order valence-electron chi connectivity index (χ0n) is 10.9. The third-order valence-corrected chi connectivity index (χ3v) is 5.48. The van der Waals surface area contributed by atoms with Crippen molar-refractivity contribution in [3.8, 4) is 5.75 Å². The molecule has 4 unspecified atom stereocenters. The summed E-state index contributed by atoms with van der Waals surface area (Å²) >= 11 is 0. The number of halogens is 1. The number of rotatable bonds is 3. The second-order valence-electron chi connectivity index (χ2n) is 6.22. The van der Waals surface area contributed by atoms with E-state index in [4.69, 9.17) is 4.74 Å². The molecule has 3 aliphatic rings. The molecule has 0 saturated heterocycles. The van der Waals surface area contributed by atoms with Gasteiger partial charge in [-0.25, -0.2) is 4.39 Å². The van der Waals surface area contributed by atoms with E-state index in [1.165, 1.54) is 32.4 Å². The smallest absolute Gasteiger partial charge is 0.169 e. The third-order valence-electron chi connectivity index (χ3n) is 5.48. The van der Waals surface area contributed by atoms with Crippen LogP contribution in [0.25, 0.3) is 0 Å². The number of ether oxygens (including phenoxy) is 1. The summed E-state index contributed by atoms with van der Waals surface area (Å²) in [5.74, 6) is 2.75. The lowest BCUT2D eigenvalue weighted by Gasteiger charge is -2.09. The predicted octanol–water partition coefficient (Wildman–Crippen LogP) is 3.31. The summed E-state index contributed by atoms with van der Waals surface area (Å²) in [6, 6.07) is 4.55. The van der Waals surface area contributed by atoms with Gasteiger partial charge in [-0.05, 0) is 55.1 Å². The normalized spacial score (nSPS) is 38.1. The average molecular weight is 260 g/mol. The molecule has 0 aromatic heterocycles. The van der Waals surface area contributed by atoms with Gasteiger partial charge in [-0.1, -0.05) is 0 Å². The van der Waals surface area contributed by atoms with E-state index in [2.05, 4.69) is 0 Å². The number of fused-ring (bicyclic) bond motifs is 5. The molecule has 2 bridgehead atoms. The molecule has 4 rings (SSSR count). The van der Waals surface area contributed by atoms with Crippen molar-refractivity contribution in [1.82, 2.24) is 0 Å². The van der Waals surface area contributed by atoms with Gasteiger partial charge < -0.3 is 4.74 Å². The van der Waals surface area contributed by atoms with Crippen LogP contribution < -0.4 is 4.74 Å². The van der Waals surface area contributed by atoms with E-state index < -0.39 is 5.82 Å². The number of benzene rings is 1. The van der Waals surface area contributed by atoms with E-state index in [0.717, 1.165) is 11.8 Å². The van der Waals surface area contributed by atoms with Crippen molar-refractivity contribution >= 4 is 5.78 Å². The maximum absolute atomic E-state index is 14.0. The third kappa shape index (κ3) is 1.50. The molecule has 3 aliphatic carbocycles. The zero-order chi connectivity index (χ0) is 13.1. The van der Waals surface area contributed by atoms with Crippen LogP contribution in [0.1, 0.15) is 29.6 Å². The first-order chi connectivity index (χ1) is 9.20. The molecule has 19 heavy (non-hydrogen) atoms. The van der Waals surface area contributed by atoms with Gasteiger partial charge in [-0.3, -0.25) is 4.79 Å².